The van der Waals surface area contributed by atoms with Crippen molar-refractivity contribution in [1.29, 1.82) is 0 Å². The Morgan fingerprint density at radius 2 is 1.55 bits per heavy atom. The first kappa shape index (κ1) is 17.5. The predicted molar refractivity (Wildman–Crippen MR) is 89.1 cm³/mol. The first-order valence-electron chi connectivity index (χ1n) is 8.85. The SMILES string of the molecule is CCCCCCCCC/C=C\C/C=C\[C@@H]1O[C@H]1CCC. The monoisotopic (exact) mass is 278 g/mol. The highest BCUT2D eigenvalue weighted by Gasteiger charge is 2.34. The summed E-state index contributed by atoms with van der Waals surface area (Å²) in [4.78, 5) is 0. The molecule has 0 aromatic carbocycles. The maximum Gasteiger partial charge on any atom is 0.102 e. The summed E-state index contributed by atoms with van der Waals surface area (Å²) < 4.78 is 5.55. The molecule has 0 amide bonds. The van der Waals surface area contributed by atoms with Gasteiger partial charge in [-0.3, -0.25) is 0 Å². The van der Waals surface area contributed by atoms with Gasteiger partial charge in [0.2, 0.25) is 0 Å². The van der Waals surface area contributed by atoms with E-state index in [9.17, 15) is 0 Å². The van der Waals surface area contributed by atoms with E-state index in [0.29, 0.717) is 12.2 Å². The molecule has 0 aromatic heterocycles. The Bertz CT molecular complexity index is 267. The van der Waals surface area contributed by atoms with Gasteiger partial charge in [-0.15, -0.1) is 0 Å². The van der Waals surface area contributed by atoms with Gasteiger partial charge in [-0.2, -0.15) is 0 Å². The number of rotatable bonds is 13. The lowest BCUT2D eigenvalue weighted by atomic mass is 10.1. The van der Waals surface area contributed by atoms with Crippen molar-refractivity contribution < 1.29 is 4.74 Å². The predicted octanol–water partition coefficient (Wildman–Crippen LogP) is 6.20. The number of hydrogen-bond donors (Lipinski definition) is 0. The van der Waals surface area contributed by atoms with E-state index in [1.807, 2.05) is 0 Å². The van der Waals surface area contributed by atoms with Crippen molar-refractivity contribution in [3.8, 4) is 0 Å². The van der Waals surface area contributed by atoms with Crippen LogP contribution in [0.2, 0.25) is 0 Å². The lowest BCUT2D eigenvalue weighted by Gasteiger charge is -1.98. The average Bonchev–Trinajstić information content (AvgIpc) is 3.19. The molecule has 0 saturated carbocycles. The minimum Gasteiger partial charge on any atom is -0.365 e. The van der Waals surface area contributed by atoms with Gasteiger partial charge >= 0.3 is 0 Å². The van der Waals surface area contributed by atoms with Gasteiger partial charge in [0.15, 0.2) is 0 Å². The van der Waals surface area contributed by atoms with Crippen LogP contribution in [0.3, 0.4) is 0 Å². The van der Waals surface area contributed by atoms with Crippen LogP contribution < -0.4 is 0 Å². The molecule has 0 aromatic rings. The number of epoxide rings is 1. The molecule has 0 N–H and O–H groups in total. The highest BCUT2D eigenvalue weighted by Crippen LogP contribution is 2.27. The lowest BCUT2D eigenvalue weighted by Crippen LogP contribution is -1.88. The Balaban J connectivity index is 1.82. The molecular weight excluding hydrogens is 244 g/mol. The zero-order valence-electron chi connectivity index (χ0n) is 13.7. The van der Waals surface area contributed by atoms with Crippen molar-refractivity contribution in [2.24, 2.45) is 0 Å². The van der Waals surface area contributed by atoms with Crippen LogP contribution in [0, 0.1) is 0 Å². The van der Waals surface area contributed by atoms with Crippen LogP contribution in [0.15, 0.2) is 24.3 Å². The van der Waals surface area contributed by atoms with E-state index < -0.39 is 0 Å². The van der Waals surface area contributed by atoms with Crippen molar-refractivity contribution in [2.45, 2.75) is 96.7 Å². The van der Waals surface area contributed by atoms with Crippen molar-refractivity contribution in [3.05, 3.63) is 24.3 Å². The fourth-order valence-corrected chi connectivity index (χ4v) is 2.57. The first-order chi connectivity index (χ1) is 9.88. The van der Waals surface area contributed by atoms with Crippen LogP contribution in [-0.4, -0.2) is 12.2 Å². The van der Waals surface area contributed by atoms with Crippen molar-refractivity contribution in [1.82, 2.24) is 0 Å². The Kier molecular flexibility index (Phi) is 10.7. The number of unbranched alkanes of at least 4 members (excludes halogenated alkanes) is 7. The third kappa shape index (κ3) is 9.36. The molecule has 1 aliphatic heterocycles. The van der Waals surface area contributed by atoms with Gasteiger partial charge in [0.05, 0.1) is 6.10 Å². The summed E-state index contributed by atoms with van der Waals surface area (Å²) in [5.74, 6) is 0. The molecule has 0 bridgehead atoms. The normalized spacial score (nSPS) is 22.1. The second kappa shape index (κ2) is 12.2. The maximum absolute atomic E-state index is 5.55. The van der Waals surface area contributed by atoms with Gasteiger partial charge in [0.1, 0.15) is 6.10 Å². The van der Waals surface area contributed by atoms with Crippen LogP contribution in [-0.2, 0) is 4.74 Å². The Hall–Kier alpha value is -0.560. The van der Waals surface area contributed by atoms with Crippen LogP contribution >= 0.6 is 0 Å². The minimum atomic E-state index is 0.423. The summed E-state index contributed by atoms with van der Waals surface area (Å²) >= 11 is 0. The van der Waals surface area contributed by atoms with Crippen LogP contribution in [0.5, 0.6) is 0 Å². The average molecular weight is 278 g/mol. The van der Waals surface area contributed by atoms with Crippen LogP contribution in [0.4, 0.5) is 0 Å². The number of allylic oxidation sites excluding steroid dienone is 3. The smallest absolute Gasteiger partial charge is 0.102 e. The third-order valence-corrected chi connectivity index (χ3v) is 3.93. The Labute approximate surface area is 126 Å². The third-order valence-electron chi connectivity index (χ3n) is 3.93. The van der Waals surface area contributed by atoms with Crippen molar-refractivity contribution >= 4 is 0 Å². The molecule has 0 spiro atoms. The summed E-state index contributed by atoms with van der Waals surface area (Å²) in [7, 11) is 0. The second-order valence-corrected chi connectivity index (χ2v) is 5.97. The Morgan fingerprint density at radius 1 is 0.800 bits per heavy atom. The minimum absolute atomic E-state index is 0.423. The number of ether oxygens (including phenoxy) is 1. The second-order valence-electron chi connectivity index (χ2n) is 5.97. The van der Waals surface area contributed by atoms with Gasteiger partial charge in [0.25, 0.3) is 0 Å². The highest BCUT2D eigenvalue weighted by atomic mass is 16.6. The van der Waals surface area contributed by atoms with E-state index in [0.717, 1.165) is 6.42 Å². The summed E-state index contributed by atoms with van der Waals surface area (Å²) in [6, 6.07) is 0. The van der Waals surface area contributed by atoms with E-state index >= 15 is 0 Å². The molecule has 20 heavy (non-hydrogen) atoms. The summed E-state index contributed by atoms with van der Waals surface area (Å²) in [6.45, 7) is 4.49. The molecule has 1 heteroatoms. The standard InChI is InChI=1S/C19H34O/c1-3-5-6-7-8-9-10-11-12-13-14-15-17-19-18(20-19)16-4-2/h12-13,15,17-19H,3-11,14,16H2,1-2H3/b13-12-,17-15-/t18-,19-/m0/s1. The largest absolute Gasteiger partial charge is 0.365 e. The summed E-state index contributed by atoms with van der Waals surface area (Å²) in [6.07, 6.45) is 24.6. The van der Waals surface area contributed by atoms with Crippen LogP contribution in [0.25, 0.3) is 0 Å². The zero-order valence-corrected chi connectivity index (χ0v) is 13.7. The summed E-state index contributed by atoms with van der Waals surface area (Å²) in [5.41, 5.74) is 0. The van der Waals surface area contributed by atoms with E-state index in [2.05, 4.69) is 38.2 Å². The van der Waals surface area contributed by atoms with Gasteiger partial charge in [-0.05, 0) is 25.7 Å². The molecule has 2 atom stereocenters. The topological polar surface area (TPSA) is 12.5 Å². The molecule has 1 heterocycles. The van der Waals surface area contributed by atoms with E-state index in [1.54, 1.807) is 0 Å². The van der Waals surface area contributed by atoms with Crippen LogP contribution in [0.1, 0.15) is 84.5 Å². The van der Waals surface area contributed by atoms with Crippen molar-refractivity contribution in [3.63, 3.8) is 0 Å². The summed E-state index contributed by atoms with van der Waals surface area (Å²) in [5, 5.41) is 0. The first-order valence-corrected chi connectivity index (χ1v) is 8.85. The molecule has 116 valence electrons. The van der Waals surface area contributed by atoms with Gasteiger partial charge in [-0.25, -0.2) is 0 Å². The van der Waals surface area contributed by atoms with Gasteiger partial charge < -0.3 is 4.74 Å². The van der Waals surface area contributed by atoms with E-state index in [1.165, 1.54) is 64.2 Å². The fraction of sp³-hybridized carbons (Fsp3) is 0.789. The highest BCUT2D eigenvalue weighted by molar-refractivity contribution is 5.04. The molecule has 1 aliphatic rings. The molecular formula is C19H34O. The Morgan fingerprint density at radius 3 is 2.30 bits per heavy atom. The molecule has 1 fully saturated rings. The van der Waals surface area contributed by atoms with E-state index in [-0.39, 0.29) is 0 Å². The zero-order chi connectivity index (χ0) is 14.5. The molecule has 1 rings (SSSR count). The molecule has 1 saturated heterocycles. The van der Waals surface area contributed by atoms with Gasteiger partial charge in [0, 0.05) is 0 Å². The van der Waals surface area contributed by atoms with E-state index in [4.69, 9.17) is 4.74 Å². The van der Waals surface area contributed by atoms with Crippen molar-refractivity contribution in [2.75, 3.05) is 0 Å². The molecule has 0 radical (unpaired) electrons. The maximum atomic E-state index is 5.55. The molecule has 1 nitrogen and oxygen atoms in total. The molecule has 0 aliphatic carbocycles. The number of hydrogen-bond acceptors (Lipinski definition) is 1. The van der Waals surface area contributed by atoms with Gasteiger partial charge in [-0.1, -0.05) is 83.1 Å². The fourth-order valence-electron chi connectivity index (χ4n) is 2.57. The molecule has 0 unspecified atom stereocenters. The quantitative estimate of drug-likeness (QED) is 0.222. The lowest BCUT2D eigenvalue weighted by molar-refractivity contribution is 0.378.